The van der Waals surface area contributed by atoms with Gasteiger partial charge in [0.25, 0.3) is 0 Å². The highest BCUT2D eigenvalue weighted by Crippen LogP contribution is 2.46. The van der Waals surface area contributed by atoms with E-state index in [-0.39, 0.29) is 5.82 Å². The zero-order chi connectivity index (χ0) is 22.2. The monoisotopic (exact) mass is 502 g/mol. The number of hydrogen-bond acceptors (Lipinski definition) is 2. The largest absolute Gasteiger partial charge is 0.373 e. The Morgan fingerprint density at radius 1 is 1.03 bits per heavy atom. The lowest BCUT2D eigenvalue weighted by Gasteiger charge is -2.44. The minimum atomic E-state index is -1.98. The van der Waals surface area contributed by atoms with E-state index in [4.69, 9.17) is 5.26 Å². The molecule has 3 aromatic rings. The van der Waals surface area contributed by atoms with E-state index in [2.05, 4.69) is 80.0 Å². The molecule has 0 saturated heterocycles. The van der Waals surface area contributed by atoms with Crippen LogP contribution in [-0.4, -0.2) is 12.5 Å². The summed E-state index contributed by atoms with van der Waals surface area (Å²) in [5.41, 5.74) is 3.12. The van der Waals surface area contributed by atoms with Gasteiger partial charge in [-0.15, -0.1) is 0 Å². The molecular weight excluding hydrogens is 475 g/mol. The number of halogens is 2. The molecule has 2 aromatic carbocycles. The fraction of sp³-hybridized carbons (Fsp3) is 0.375. The van der Waals surface area contributed by atoms with Gasteiger partial charge in [-0.05, 0) is 69.1 Å². The number of benzene rings is 2. The van der Waals surface area contributed by atoms with E-state index in [1.807, 2.05) is 12.1 Å². The molecule has 6 heteroatoms. The molecule has 0 atom stereocenters. The average molecular weight is 504 g/mol. The summed E-state index contributed by atoms with van der Waals surface area (Å²) in [7, 11) is -1.98. The fourth-order valence-electron chi connectivity index (χ4n) is 5.20. The molecule has 158 valence electrons. The second-order valence-electron chi connectivity index (χ2n) is 8.71. The average Bonchev–Trinajstić information content (AvgIpc) is 3.09. The van der Waals surface area contributed by atoms with E-state index in [0.717, 1.165) is 20.3 Å². The number of nitriles is 1. The lowest BCUT2D eigenvalue weighted by atomic mass is 10.2. The molecule has 0 radical (unpaired) electrons. The Morgan fingerprint density at radius 2 is 1.67 bits per heavy atom. The first-order valence-corrected chi connectivity index (χ1v) is 14.1. The Kier molecular flexibility index (Phi) is 6.86. The second kappa shape index (κ2) is 8.90. The van der Waals surface area contributed by atoms with Crippen LogP contribution in [0.5, 0.6) is 0 Å². The van der Waals surface area contributed by atoms with Crippen molar-refractivity contribution in [3.05, 3.63) is 58.4 Å². The quantitative estimate of drug-likeness (QED) is 0.315. The molecule has 0 saturated carbocycles. The molecule has 0 fully saturated rings. The molecule has 0 aliphatic carbocycles. The predicted molar refractivity (Wildman–Crippen MR) is 131 cm³/mol. The third-order valence-corrected chi connectivity index (χ3v) is 15.2. The van der Waals surface area contributed by atoms with Crippen LogP contribution in [0.4, 0.5) is 4.39 Å². The van der Waals surface area contributed by atoms with Crippen LogP contribution in [0, 0.1) is 17.1 Å². The first-order chi connectivity index (χ1) is 14.1. The molecule has 30 heavy (non-hydrogen) atoms. The second-order valence-corrected chi connectivity index (χ2v) is 16.3. The Hall–Kier alpha value is -1.55. The number of rotatable bonds is 6. The van der Waals surface area contributed by atoms with Crippen LogP contribution in [-0.2, 0) is 0 Å². The van der Waals surface area contributed by atoms with Gasteiger partial charge in [-0.2, -0.15) is 5.26 Å². The number of nitrogens with zero attached hydrogens (tertiary/aromatic N) is 2. The van der Waals surface area contributed by atoms with Gasteiger partial charge in [-0.3, -0.25) is 0 Å². The maximum absolute atomic E-state index is 15.4. The first kappa shape index (κ1) is 23.1. The Balaban J connectivity index is 2.19. The van der Waals surface area contributed by atoms with Gasteiger partial charge >= 0.3 is 0 Å². The molecule has 0 bridgehead atoms. The number of fused-ring (bicyclic) bond motifs is 1. The molecule has 0 amide bonds. The minimum Gasteiger partial charge on any atom is -0.373 e. The van der Waals surface area contributed by atoms with Crippen LogP contribution < -0.4 is 0 Å². The highest BCUT2D eigenvalue weighted by molar-refractivity contribution is 9.10. The van der Waals surface area contributed by atoms with E-state index in [1.54, 1.807) is 18.2 Å². The van der Waals surface area contributed by atoms with Crippen molar-refractivity contribution in [2.75, 3.05) is 0 Å². The van der Waals surface area contributed by atoms with Gasteiger partial charge in [-0.25, -0.2) is 4.39 Å². The Bertz CT molecular complexity index is 1090. The van der Waals surface area contributed by atoms with Crippen LogP contribution in [0.1, 0.15) is 47.1 Å². The number of hydrogen-bond donors (Lipinski definition) is 0. The summed E-state index contributed by atoms with van der Waals surface area (Å²) in [5.74, 6) is -0.235. The topological polar surface area (TPSA) is 28.7 Å². The lowest BCUT2D eigenvalue weighted by Crippen LogP contribution is -2.51. The van der Waals surface area contributed by atoms with Gasteiger partial charge < -0.3 is 4.23 Å². The molecule has 0 aliphatic rings. The van der Waals surface area contributed by atoms with Crippen molar-refractivity contribution in [2.24, 2.45) is 0 Å². The van der Waals surface area contributed by atoms with E-state index < -0.39 is 8.24 Å². The van der Waals surface area contributed by atoms with Crippen LogP contribution in [0.2, 0.25) is 16.6 Å². The van der Waals surface area contributed by atoms with Crippen molar-refractivity contribution < 1.29 is 4.39 Å². The van der Waals surface area contributed by atoms with Crippen molar-refractivity contribution in [1.82, 2.24) is 4.23 Å². The minimum absolute atomic E-state index is 0.235. The maximum Gasteiger partial charge on any atom is 0.169 e. The smallest absolute Gasteiger partial charge is 0.169 e. The summed E-state index contributed by atoms with van der Waals surface area (Å²) >= 11 is 5.04. The van der Waals surface area contributed by atoms with E-state index in [9.17, 15) is 0 Å². The summed E-state index contributed by atoms with van der Waals surface area (Å²) in [5, 5.41) is 10.2. The highest BCUT2D eigenvalue weighted by Gasteiger charge is 2.45. The summed E-state index contributed by atoms with van der Waals surface area (Å²) < 4.78 is 18.6. The normalized spacial score (nSPS) is 12.3. The SMILES string of the molecule is CC(C)[Si](C(C)C)(C(C)C)n1ccc2c(Br)c(Sc3cccc(C#N)c3)c(F)cc21. The molecule has 0 unspecified atom stereocenters. The van der Waals surface area contributed by atoms with Gasteiger partial charge in [0.05, 0.1) is 16.5 Å². The zero-order valence-electron chi connectivity index (χ0n) is 18.3. The van der Waals surface area contributed by atoms with Crippen molar-refractivity contribution in [3.8, 4) is 6.07 Å². The number of aromatic nitrogens is 1. The maximum atomic E-state index is 15.4. The molecular formula is C24H28BrFN2SSi. The van der Waals surface area contributed by atoms with Crippen molar-refractivity contribution in [2.45, 2.75) is 68.0 Å². The molecule has 3 rings (SSSR count). The Labute approximate surface area is 192 Å². The van der Waals surface area contributed by atoms with Gasteiger partial charge in [0, 0.05) is 20.3 Å². The lowest BCUT2D eigenvalue weighted by molar-refractivity contribution is 0.602. The van der Waals surface area contributed by atoms with Crippen molar-refractivity contribution in [3.63, 3.8) is 0 Å². The molecule has 2 nitrogen and oxygen atoms in total. The standard InChI is InChI=1S/C24H28BrFN2SSi/c1-15(2)30(16(3)4,17(5)6)28-11-10-20-22(28)13-21(26)24(23(20)25)29-19-9-7-8-18(12-19)14-27/h7-13,15-17H,1-6H3. The summed E-state index contributed by atoms with van der Waals surface area (Å²) in [6.45, 7) is 13.9. The molecule has 1 aromatic heterocycles. The predicted octanol–water partition coefficient (Wildman–Crippen LogP) is 8.59. The van der Waals surface area contributed by atoms with Crippen molar-refractivity contribution >= 4 is 46.8 Å². The molecule has 1 heterocycles. The first-order valence-electron chi connectivity index (χ1n) is 10.3. The van der Waals surface area contributed by atoms with E-state index in [0.29, 0.717) is 27.1 Å². The van der Waals surface area contributed by atoms with Gasteiger partial charge in [-0.1, -0.05) is 59.4 Å². The van der Waals surface area contributed by atoms with Crippen LogP contribution in [0.3, 0.4) is 0 Å². The van der Waals surface area contributed by atoms with Crippen LogP contribution in [0.25, 0.3) is 10.9 Å². The third kappa shape index (κ3) is 3.76. The highest BCUT2D eigenvalue weighted by atomic mass is 79.9. The Morgan fingerprint density at radius 3 is 2.23 bits per heavy atom. The molecule has 0 spiro atoms. The van der Waals surface area contributed by atoms with Crippen molar-refractivity contribution in [1.29, 1.82) is 5.26 Å². The van der Waals surface area contributed by atoms with Gasteiger partial charge in [0.2, 0.25) is 0 Å². The summed E-state index contributed by atoms with van der Waals surface area (Å²) in [4.78, 5) is 1.41. The molecule has 0 N–H and O–H groups in total. The molecule has 0 aliphatic heterocycles. The fourth-order valence-corrected chi connectivity index (χ4v) is 13.5. The van der Waals surface area contributed by atoms with Gasteiger partial charge in [0.15, 0.2) is 8.24 Å². The van der Waals surface area contributed by atoms with Gasteiger partial charge in [0.1, 0.15) is 5.82 Å². The summed E-state index contributed by atoms with van der Waals surface area (Å²) in [6.07, 6.45) is 2.17. The van der Waals surface area contributed by atoms with Crippen LogP contribution in [0.15, 0.2) is 56.9 Å². The third-order valence-electron chi connectivity index (χ3n) is 6.22. The van der Waals surface area contributed by atoms with E-state index in [1.165, 1.54) is 11.8 Å². The van der Waals surface area contributed by atoms with E-state index >= 15 is 4.39 Å². The van der Waals surface area contributed by atoms with Crippen LogP contribution >= 0.6 is 27.7 Å². The summed E-state index contributed by atoms with van der Waals surface area (Å²) in [6, 6.07) is 13.2. The zero-order valence-corrected chi connectivity index (χ0v) is 21.7.